The van der Waals surface area contributed by atoms with Gasteiger partial charge >= 0.3 is 0 Å². The van der Waals surface area contributed by atoms with Gasteiger partial charge in [0.1, 0.15) is 0 Å². The molecule has 1 unspecified atom stereocenters. The van der Waals surface area contributed by atoms with Crippen LogP contribution < -0.4 is 5.32 Å². The molecule has 0 amide bonds. The fraction of sp³-hybridized carbons (Fsp3) is 0.714. The molecule has 0 saturated carbocycles. The van der Waals surface area contributed by atoms with Crippen molar-refractivity contribution in [3.63, 3.8) is 0 Å². The van der Waals surface area contributed by atoms with E-state index in [2.05, 4.69) is 47.2 Å². The largest absolute Gasteiger partial charge is 0.383 e. The van der Waals surface area contributed by atoms with E-state index in [-0.39, 0.29) is 0 Å². The summed E-state index contributed by atoms with van der Waals surface area (Å²) in [6, 6.07) is 4.38. The monoisotopic (exact) mass is 333 g/mol. The number of ether oxygens (including phenoxy) is 1. The highest BCUT2D eigenvalue weighted by molar-refractivity contribution is 9.11. The van der Waals surface area contributed by atoms with Crippen LogP contribution in [0, 0.1) is 11.8 Å². The number of thiophene rings is 1. The normalized spacial score (nSPS) is 13.2. The van der Waals surface area contributed by atoms with Crippen molar-refractivity contribution in [2.24, 2.45) is 11.8 Å². The minimum atomic E-state index is 0.715. The second-order valence-corrected chi connectivity index (χ2v) is 7.65. The lowest BCUT2D eigenvalue weighted by Gasteiger charge is -2.19. The van der Waals surface area contributed by atoms with Gasteiger partial charge < -0.3 is 10.1 Å². The molecule has 2 nitrogen and oxygen atoms in total. The Morgan fingerprint density at radius 1 is 1.39 bits per heavy atom. The van der Waals surface area contributed by atoms with Crippen LogP contribution in [0.5, 0.6) is 0 Å². The molecule has 0 aliphatic heterocycles. The van der Waals surface area contributed by atoms with Crippen LogP contribution in [0.4, 0.5) is 0 Å². The molecular weight excluding hydrogens is 310 g/mol. The van der Waals surface area contributed by atoms with Crippen molar-refractivity contribution in [3.05, 3.63) is 20.8 Å². The van der Waals surface area contributed by atoms with Gasteiger partial charge in [-0.25, -0.2) is 0 Å². The second kappa shape index (κ2) is 9.08. The van der Waals surface area contributed by atoms with E-state index in [1.807, 2.05) is 11.3 Å². The van der Waals surface area contributed by atoms with Gasteiger partial charge in [0, 0.05) is 18.5 Å². The molecule has 0 spiro atoms. The molecular formula is C14H24BrNOS. The Balaban J connectivity index is 2.39. The van der Waals surface area contributed by atoms with Gasteiger partial charge in [0.05, 0.1) is 10.4 Å². The number of methoxy groups -OCH3 is 1. The van der Waals surface area contributed by atoms with Crippen LogP contribution in [0.3, 0.4) is 0 Å². The quantitative estimate of drug-likeness (QED) is 0.691. The lowest BCUT2D eigenvalue weighted by molar-refractivity contribution is 0.197. The molecule has 0 radical (unpaired) electrons. The zero-order valence-corrected chi connectivity index (χ0v) is 13.9. The van der Waals surface area contributed by atoms with E-state index in [1.54, 1.807) is 7.11 Å². The van der Waals surface area contributed by atoms with Gasteiger partial charge in [-0.3, -0.25) is 0 Å². The SMILES string of the molecule is COCCNCC(Cc1ccc(Br)s1)CC(C)C. The standard InChI is InChI=1S/C14H24BrNOS/c1-11(2)8-12(10-16-6-7-17-3)9-13-4-5-14(15)18-13/h4-5,11-12,16H,6-10H2,1-3H3. The third kappa shape index (κ3) is 6.88. The molecule has 0 bridgehead atoms. The topological polar surface area (TPSA) is 21.3 Å². The van der Waals surface area contributed by atoms with E-state index in [4.69, 9.17) is 4.74 Å². The Morgan fingerprint density at radius 2 is 2.17 bits per heavy atom. The molecule has 0 fully saturated rings. The van der Waals surface area contributed by atoms with Crippen molar-refractivity contribution in [2.75, 3.05) is 26.8 Å². The number of nitrogens with one attached hydrogen (secondary N) is 1. The molecule has 4 heteroatoms. The van der Waals surface area contributed by atoms with Gasteiger partial charge in [-0.1, -0.05) is 13.8 Å². The van der Waals surface area contributed by atoms with Crippen molar-refractivity contribution in [2.45, 2.75) is 26.7 Å². The molecule has 0 aliphatic carbocycles. The Hall–Kier alpha value is 0.1000. The van der Waals surface area contributed by atoms with Gasteiger partial charge in [-0.15, -0.1) is 11.3 Å². The van der Waals surface area contributed by atoms with Crippen molar-refractivity contribution >= 4 is 27.3 Å². The van der Waals surface area contributed by atoms with Gasteiger partial charge in [-0.05, 0) is 59.3 Å². The number of hydrogen-bond donors (Lipinski definition) is 1. The minimum absolute atomic E-state index is 0.715. The van der Waals surface area contributed by atoms with Crippen LogP contribution in [-0.2, 0) is 11.2 Å². The van der Waals surface area contributed by atoms with Crippen LogP contribution in [-0.4, -0.2) is 26.8 Å². The molecule has 1 atom stereocenters. The van der Waals surface area contributed by atoms with Crippen LogP contribution in [0.15, 0.2) is 15.9 Å². The number of hydrogen-bond acceptors (Lipinski definition) is 3. The third-order valence-corrected chi connectivity index (χ3v) is 4.49. The van der Waals surface area contributed by atoms with Crippen molar-refractivity contribution in [1.29, 1.82) is 0 Å². The zero-order valence-electron chi connectivity index (χ0n) is 11.5. The fourth-order valence-electron chi connectivity index (χ4n) is 2.13. The van der Waals surface area contributed by atoms with Crippen molar-refractivity contribution < 1.29 is 4.74 Å². The summed E-state index contributed by atoms with van der Waals surface area (Å²) in [6.45, 7) is 7.41. The van der Waals surface area contributed by atoms with Crippen LogP contribution >= 0.6 is 27.3 Å². The van der Waals surface area contributed by atoms with E-state index in [0.29, 0.717) is 5.92 Å². The summed E-state index contributed by atoms with van der Waals surface area (Å²) >= 11 is 5.38. The lowest BCUT2D eigenvalue weighted by Crippen LogP contribution is -2.28. The molecule has 1 aromatic rings. The molecule has 1 N–H and O–H groups in total. The number of rotatable bonds is 9. The summed E-state index contributed by atoms with van der Waals surface area (Å²) in [5.74, 6) is 1.47. The highest BCUT2D eigenvalue weighted by Gasteiger charge is 2.12. The summed E-state index contributed by atoms with van der Waals surface area (Å²) < 4.78 is 6.29. The maximum atomic E-state index is 5.06. The highest BCUT2D eigenvalue weighted by Crippen LogP contribution is 2.26. The van der Waals surface area contributed by atoms with Crippen LogP contribution in [0.2, 0.25) is 0 Å². The highest BCUT2D eigenvalue weighted by atomic mass is 79.9. The number of halogens is 1. The Bertz CT molecular complexity index is 327. The maximum absolute atomic E-state index is 5.06. The molecule has 104 valence electrons. The summed E-state index contributed by atoms with van der Waals surface area (Å²) in [5.41, 5.74) is 0. The van der Waals surface area contributed by atoms with Crippen LogP contribution in [0.25, 0.3) is 0 Å². The molecule has 18 heavy (non-hydrogen) atoms. The zero-order chi connectivity index (χ0) is 13.4. The molecule has 1 rings (SSSR count). The predicted octanol–water partition coefficient (Wildman–Crippen LogP) is 3.95. The van der Waals surface area contributed by atoms with Gasteiger partial charge in [0.15, 0.2) is 0 Å². The molecule has 0 saturated heterocycles. The van der Waals surface area contributed by atoms with Gasteiger partial charge in [-0.2, -0.15) is 0 Å². The van der Waals surface area contributed by atoms with E-state index < -0.39 is 0 Å². The molecule has 1 heterocycles. The average Bonchev–Trinajstić information content (AvgIpc) is 2.69. The van der Waals surface area contributed by atoms with Crippen LogP contribution in [0.1, 0.15) is 25.1 Å². The third-order valence-electron chi connectivity index (χ3n) is 2.84. The Labute approximate surface area is 123 Å². The summed E-state index contributed by atoms with van der Waals surface area (Å²) in [7, 11) is 1.75. The van der Waals surface area contributed by atoms with Crippen molar-refractivity contribution in [3.8, 4) is 0 Å². The molecule has 0 aromatic carbocycles. The smallest absolute Gasteiger partial charge is 0.0701 e. The van der Waals surface area contributed by atoms with E-state index >= 15 is 0 Å². The van der Waals surface area contributed by atoms with Gasteiger partial charge in [0.2, 0.25) is 0 Å². The lowest BCUT2D eigenvalue weighted by atomic mass is 9.93. The first-order valence-electron chi connectivity index (χ1n) is 6.55. The predicted molar refractivity (Wildman–Crippen MR) is 83.4 cm³/mol. The van der Waals surface area contributed by atoms with E-state index in [0.717, 1.165) is 25.6 Å². The first-order valence-corrected chi connectivity index (χ1v) is 8.16. The summed E-state index contributed by atoms with van der Waals surface area (Å²) in [4.78, 5) is 1.47. The van der Waals surface area contributed by atoms with E-state index in [1.165, 1.54) is 21.5 Å². The van der Waals surface area contributed by atoms with Crippen molar-refractivity contribution in [1.82, 2.24) is 5.32 Å². The molecule has 0 aliphatic rings. The summed E-state index contributed by atoms with van der Waals surface area (Å²) in [6.07, 6.45) is 2.45. The summed E-state index contributed by atoms with van der Waals surface area (Å²) in [5, 5.41) is 3.49. The maximum Gasteiger partial charge on any atom is 0.0701 e. The Kier molecular flexibility index (Phi) is 8.15. The minimum Gasteiger partial charge on any atom is -0.383 e. The van der Waals surface area contributed by atoms with Gasteiger partial charge in [0.25, 0.3) is 0 Å². The average molecular weight is 334 g/mol. The van der Waals surface area contributed by atoms with E-state index in [9.17, 15) is 0 Å². The molecule has 1 aromatic heterocycles. The Morgan fingerprint density at radius 3 is 2.72 bits per heavy atom. The first kappa shape index (κ1) is 16.2. The first-order chi connectivity index (χ1) is 8.61. The fourth-order valence-corrected chi connectivity index (χ4v) is 3.73. The second-order valence-electron chi connectivity index (χ2n) is 5.10.